The van der Waals surface area contributed by atoms with Gasteiger partial charge in [0.2, 0.25) is 5.91 Å². The lowest BCUT2D eigenvalue weighted by atomic mass is 9.78. The molecule has 6 heteroatoms. The van der Waals surface area contributed by atoms with Crippen LogP contribution in [0.5, 0.6) is 0 Å². The molecule has 1 spiro atoms. The maximum Gasteiger partial charge on any atom is 0.222 e. The summed E-state index contributed by atoms with van der Waals surface area (Å²) in [6, 6.07) is 0. The zero-order valence-electron chi connectivity index (χ0n) is 16.4. The number of aryl methyl sites for hydroxylation is 2. The quantitative estimate of drug-likeness (QED) is 0.776. The predicted octanol–water partition coefficient (Wildman–Crippen LogP) is 3.05. The molecule has 2 aliphatic rings. The smallest absolute Gasteiger partial charge is 0.222 e. The van der Waals surface area contributed by atoms with Crippen molar-refractivity contribution in [2.24, 2.45) is 5.92 Å². The van der Waals surface area contributed by atoms with Gasteiger partial charge in [-0.05, 0) is 58.3 Å². The third-order valence-corrected chi connectivity index (χ3v) is 6.12. The highest BCUT2D eigenvalue weighted by Gasteiger charge is 2.40. The standard InChI is InChI=1S/C20H32N2O4/c1-15-18(16(2)26-21-15)4-5-19(23)22-10-8-20(9-11-22)14-17(6-12-24-3)7-13-25-20/h17H,4-14H2,1-3H3. The van der Waals surface area contributed by atoms with Crippen molar-refractivity contribution < 1.29 is 18.8 Å². The summed E-state index contributed by atoms with van der Waals surface area (Å²) in [6.45, 7) is 7.11. The van der Waals surface area contributed by atoms with Gasteiger partial charge in [0.1, 0.15) is 5.76 Å². The van der Waals surface area contributed by atoms with E-state index in [1.54, 1.807) is 7.11 Å². The maximum absolute atomic E-state index is 12.6. The van der Waals surface area contributed by atoms with Gasteiger partial charge in [-0.1, -0.05) is 5.16 Å². The average molecular weight is 364 g/mol. The summed E-state index contributed by atoms with van der Waals surface area (Å²) in [4.78, 5) is 14.6. The summed E-state index contributed by atoms with van der Waals surface area (Å²) in [5.41, 5.74) is 1.95. The zero-order chi connectivity index (χ0) is 18.6. The highest BCUT2D eigenvalue weighted by molar-refractivity contribution is 5.76. The number of carbonyl (C=O) groups is 1. The predicted molar refractivity (Wildman–Crippen MR) is 98.0 cm³/mol. The number of likely N-dealkylation sites (tertiary alicyclic amines) is 1. The first kappa shape index (κ1) is 19.4. The third kappa shape index (κ3) is 4.46. The van der Waals surface area contributed by atoms with Gasteiger partial charge in [-0.15, -0.1) is 0 Å². The van der Waals surface area contributed by atoms with Crippen molar-refractivity contribution in [3.63, 3.8) is 0 Å². The van der Waals surface area contributed by atoms with Gasteiger partial charge < -0.3 is 18.9 Å². The Bertz CT molecular complexity index is 585. The largest absolute Gasteiger partial charge is 0.385 e. The second-order valence-electron chi connectivity index (χ2n) is 7.86. The summed E-state index contributed by atoms with van der Waals surface area (Å²) in [5.74, 6) is 1.74. The van der Waals surface area contributed by atoms with Crippen molar-refractivity contribution in [2.45, 2.75) is 64.4 Å². The lowest BCUT2D eigenvalue weighted by Gasteiger charge is -2.46. The van der Waals surface area contributed by atoms with Gasteiger partial charge in [-0.2, -0.15) is 0 Å². The average Bonchev–Trinajstić information content (AvgIpc) is 2.97. The Morgan fingerprint density at radius 2 is 2.12 bits per heavy atom. The van der Waals surface area contributed by atoms with E-state index in [1.807, 2.05) is 18.7 Å². The van der Waals surface area contributed by atoms with E-state index >= 15 is 0 Å². The van der Waals surface area contributed by atoms with Crippen molar-refractivity contribution in [3.8, 4) is 0 Å². The molecule has 3 rings (SSSR count). The molecule has 2 aliphatic heterocycles. The molecule has 2 fully saturated rings. The van der Waals surface area contributed by atoms with Crippen LogP contribution in [0.25, 0.3) is 0 Å². The van der Waals surface area contributed by atoms with Crippen LogP contribution in [0.2, 0.25) is 0 Å². The van der Waals surface area contributed by atoms with Crippen molar-refractivity contribution >= 4 is 5.91 Å². The fourth-order valence-corrected chi connectivity index (χ4v) is 4.42. The number of hydrogen-bond acceptors (Lipinski definition) is 5. The minimum Gasteiger partial charge on any atom is -0.385 e. The summed E-state index contributed by atoms with van der Waals surface area (Å²) >= 11 is 0. The number of amides is 1. The van der Waals surface area contributed by atoms with Gasteiger partial charge in [0.05, 0.1) is 11.3 Å². The molecular weight excluding hydrogens is 332 g/mol. The van der Waals surface area contributed by atoms with Crippen LogP contribution in [0, 0.1) is 19.8 Å². The summed E-state index contributed by atoms with van der Waals surface area (Å²) in [7, 11) is 1.77. The van der Waals surface area contributed by atoms with Crippen molar-refractivity contribution in [3.05, 3.63) is 17.0 Å². The van der Waals surface area contributed by atoms with Crippen LogP contribution in [0.4, 0.5) is 0 Å². The van der Waals surface area contributed by atoms with Crippen molar-refractivity contribution in [2.75, 3.05) is 33.4 Å². The molecule has 0 N–H and O–H groups in total. The number of methoxy groups -OCH3 is 1. The van der Waals surface area contributed by atoms with E-state index in [-0.39, 0.29) is 11.5 Å². The minimum absolute atomic E-state index is 0.0188. The summed E-state index contributed by atoms with van der Waals surface area (Å²) in [6.07, 6.45) is 6.48. The normalized spacial score (nSPS) is 22.7. The van der Waals surface area contributed by atoms with Crippen molar-refractivity contribution in [1.82, 2.24) is 10.1 Å². The fourth-order valence-electron chi connectivity index (χ4n) is 4.42. The molecule has 1 amide bonds. The Balaban J connectivity index is 1.47. The van der Waals surface area contributed by atoms with Gasteiger partial charge in [0, 0.05) is 45.4 Å². The van der Waals surface area contributed by atoms with E-state index in [9.17, 15) is 4.79 Å². The van der Waals surface area contributed by atoms with Crippen LogP contribution < -0.4 is 0 Å². The molecular formula is C20H32N2O4. The topological polar surface area (TPSA) is 64.8 Å². The number of nitrogens with zero attached hydrogens (tertiary/aromatic N) is 2. The molecule has 26 heavy (non-hydrogen) atoms. The van der Waals surface area contributed by atoms with Crippen LogP contribution in [0.1, 0.15) is 55.5 Å². The van der Waals surface area contributed by atoms with E-state index in [1.165, 1.54) is 0 Å². The number of rotatable bonds is 6. The Hall–Kier alpha value is -1.40. The lowest BCUT2D eigenvalue weighted by Crippen LogP contribution is -2.50. The molecule has 2 saturated heterocycles. The van der Waals surface area contributed by atoms with E-state index in [2.05, 4.69) is 5.16 Å². The second-order valence-corrected chi connectivity index (χ2v) is 7.86. The van der Waals surface area contributed by atoms with E-state index in [0.717, 1.165) is 75.4 Å². The molecule has 0 radical (unpaired) electrons. The van der Waals surface area contributed by atoms with Crippen LogP contribution >= 0.6 is 0 Å². The summed E-state index contributed by atoms with van der Waals surface area (Å²) < 4.78 is 16.6. The number of aromatic nitrogens is 1. The molecule has 0 aromatic carbocycles. The molecule has 1 atom stereocenters. The van der Waals surface area contributed by atoms with Gasteiger partial charge in [0.25, 0.3) is 0 Å². The summed E-state index contributed by atoms with van der Waals surface area (Å²) in [5, 5.41) is 3.97. The van der Waals surface area contributed by atoms with Crippen LogP contribution in [-0.4, -0.2) is 55.0 Å². The van der Waals surface area contributed by atoms with Crippen LogP contribution in [0.15, 0.2) is 4.52 Å². The van der Waals surface area contributed by atoms with Gasteiger partial charge in [0.15, 0.2) is 0 Å². The Morgan fingerprint density at radius 1 is 1.35 bits per heavy atom. The van der Waals surface area contributed by atoms with Crippen LogP contribution in [0.3, 0.4) is 0 Å². The highest BCUT2D eigenvalue weighted by Crippen LogP contribution is 2.38. The Kier molecular flexibility index (Phi) is 6.35. The van der Waals surface area contributed by atoms with Crippen LogP contribution in [-0.2, 0) is 20.7 Å². The Labute approximate surface area is 156 Å². The van der Waals surface area contributed by atoms with Gasteiger partial charge >= 0.3 is 0 Å². The zero-order valence-corrected chi connectivity index (χ0v) is 16.4. The van der Waals surface area contributed by atoms with Gasteiger partial charge in [-0.25, -0.2) is 0 Å². The molecule has 1 aromatic heterocycles. The molecule has 6 nitrogen and oxygen atoms in total. The molecule has 0 aliphatic carbocycles. The maximum atomic E-state index is 12.6. The lowest BCUT2D eigenvalue weighted by molar-refractivity contribution is -0.147. The number of ether oxygens (including phenoxy) is 2. The monoisotopic (exact) mass is 364 g/mol. The molecule has 3 heterocycles. The third-order valence-electron chi connectivity index (χ3n) is 6.12. The van der Waals surface area contributed by atoms with Crippen molar-refractivity contribution in [1.29, 1.82) is 0 Å². The molecule has 0 bridgehead atoms. The fraction of sp³-hybridized carbons (Fsp3) is 0.800. The number of piperidine rings is 1. The molecule has 1 aromatic rings. The number of hydrogen-bond donors (Lipinski definition) is 0. The first-order valence-electron chi connectivity index (χ1n) is 9.85. The minimum atomic E-state index is -0.0188. The second kappa shape index (κ2) is 8.53. The number of carbonyl (C=O) groups excluding carboxylic acids is 1. The molecule has 1 unspecified atom stereocenters. The van der Waals surface area contributed by atoms with Gasteiger partial charge in [-0.3, -0.25) is 4.79 Å². The van der Waals surface area contributed by atoms with E-state index in [0.29, 0.717) is 18.8 Å². The Morgan fingerprint density at radius 3 is 2.77 bits per heavy atom. The SMILES string of the molecule is COCCC1CCOC2(CCN(C(=O)CCc3c(C)noc3C)CC2)C1. The van der Waals surface area contributed by atoms with E-state index in [4.69, 9.17) is 14.0 Å². The van der Waals surface area contributed by atoms with E-state index < -0.39 is 0 Å². The molecule has 0 saturated carbocycles. The highest BCUT2D eigenvalue weighted by atomic mass is 16.5. The molecule has 146 valence electrons. The first-order chi connectivity index (χ1) is 12.5. The first-order valence-corrected chi connectivity index (χ1v) is 9.85.